The highest BCUT2D eigenvalue weighted by Crippen LogP contribution is 2.17. The zero-order valence-electron chi connectivity index (χ0n) is 13.0. The summed E-state index contributed by atoms with van der Waals surface area (Å²) in [4.78, 5) is 24.3. The first-order valence-electron chi connectivity index (χ1n) is 7.80. The zero-order chi connectivity index (χ0) is 16.9. The lowest BCUT2D eigenvalue weighted by Crippen LogP contribution is -2.37. The van der Waals surface area contributed by atoms with E-state index in [1.54, 1.807) is 36.4 Å². The van der Waals surface area contributed by atoms with Gasteiger partial charge in [-0.25, -0.2) is 0 Å². The number of rotatable bonds is 5. The quantitative estimate of drug-likeness (QED) is 0.731. The Balaban J connectivity index is 1.60. The number of benzene rings is 1. The first kappa shape index (κ1) is 16.7. The van der Waals surface area contributed by atoms with Gasteiger partial charge in [0.2, 0.25) is 0 Å². The molecule has 0 bridgehead atoms. The Hall–Kier alpha value is -2.12. The third-order valence-corrected chi connectivity index (χ3v) is 4.28. The fourth-order valence-electron chi connectivity index (χ4n) is 2.62. The van der Waals surface area contributed by atoms with Crippen LogP contribution in [0.1, 0.15) is 33.8 Å². The Labute approximate surface area is 148 Å². The van der Waals surface area contributed by atoms with Gasteiger partial charge in [0.15, 0.2) is 10.4 Å². The topological polar surface area (TPSA) is 83.4 Å². The summed E-state index contributed by atoms with van der Waals surface area (Å²) in [5, 5.41) is 8.97. The molecule has 0 radical (unpaired) electrons. The van der Waals surface area contributed by atoms with Crippen molar-refractivity contribution < 1.29 is 14.0 Å². The van der Waals surface area contributed by atoms with Crippen LogP contribution in [0.2, 0.25) is 0 Å². The van der Waals surface area contributed by atoms with Crippen molar-refractivity contribution in [1.82, 2.24) is 10.6 Å². The molecular weight excluding hydrogens is 374 g/mol. The van der Waals surface area contributed by atoms with Crippen molar-refractivity contribution in [3.63, 3.8) is 0 Å². The van der Waals surface area contributed by atoms with Crippen molar-refractivity contribution in [2.24, 2.45) is 0 Å². The van der Waals surface area contributed by atoms with Crippen LogP contribution in [-0.2, 0) is 0 Å². The van der Waals surface area contributed by atoms with E-state index in [0.29, 0.717) is 28.5 Å². The van der Waals surface area contributed by atoms with Crippen molar-refractivity contribution in [3.05, 3.63) is 52.4 Å². The lowest BCUT2D eigenvalue weighted by molar-refractivity contribution is 0.0948. The molecule has 0 spiro atoms. The highest BCUT2D eigenvalue weighted by atomic mass is 79.9. The average molecular weight is 392 g/mol. The van der Waals surface area contributed by atoms with E-state index in [9.17, 15) is 9.59 Å². The number of furan rings is 1. The van der Waals surface area contributed by atoms with E-state index in [1.165, 1.54) is 0 Å². The maximum atomic E-state index is 12.2. The highest BCUT2D eigenvalue weighted by Gasteiger charge is 2.16. The first-order valence-corrected chi connectivity index (χ1v) is 8.59. The van der Waals surface area contributed by atoms with Gasteiger partial charge in [-0.1, -0.05) is 6.07 Å². The Morgan fingerprint density at radius 3 is 2.83 bits per heavy atom. The lowest BCUT2D eigenvalue weighted by atomic mass is 10.1. The second kappa shape index (κ2) is 7.63. The Morgan fingerprint density at radius 2 is 2.12 bits per heavy atom. The summed E-state index contributed by atoms with van der Waals surface area (Å²) < 4.78 is 5.70. The molecule has 3 rings (SSSR count). The number of hydrogen-bond donors (Lipinski definition) is 3. The van der Waals surface area contributed by atoms with E-state index in [0.717, 1.165) is 19.4 Å². The van der Waals surface area contributed by atoms with Gasteiger partial charge in [0, 0.05) is 23.8 Å². The average Bonchev–Trinajstić information content (AvgIpc) is 3.24. The van der Waals surface area contributed by atoms with Crippen LogP contribution in [0.25, 0.3) is 0 Å². The van der Waals surface area contributed by atoms with Crippen LogP contribution in [0.15, 0.2) is 45.5 Å². The number of carbonyl (C=O) groups excluding carboxylic acids is 2. The van der Waals surface area contributed by atoms with Gasteiger partial charge in [0.05, 0.1) is 0 Å². The van der Waals surface area contributed by atoms with Crippen molar-refractivity contribution in [2.75, 3.05) is 18.4 Å². The van der Waals surface area contributed by atoms with Crippen molar-refractivity contribution in [2.45, 2.75) is 18.9 Å². The number of hydrogen-bond acceptors (Lipinski definition) is 4. The Kier molecular flexibility index (Phi) is 5.32. The number of amides is 2. The third-order valence-electron chi connectivity index (χ3n) is 3.85. The summed E-state index contributed by atoms with van der Waals surface area (Å²) in [6, 6.07) is 10.4. The summed E-state index contributed by atoms with van der Waals surface area (Å²) >= 11 is 3.16. The summed E-state index contributed by atoms with van der Waals surface area (Å²) in [5.41, 5.74) is 1.05. The van der Waals surface area contributed by atoms with Crippen LogP contribution in [0, 0.1) is 0 Å². The van der Waals surface area contributed by atoms with Crippen molar-refractivity contribution in [1.29, 1.82) is 0 Å². The molecule has 1 atom stereocenters. The van der Waals surface area contributed by atoms with Gasteiger partial charge in [-0.15, -0.1) is 0 Å². The van der Waals surface area contributed by atoms with Gasteiger partial charge in [0.25, 0.3) is 11.8 Å². The molecular formula is C17H18BrN3O3. The fraction of sp³-hybridized carbons (Fsp3) is 0.294. The number of anilines is 1. The van der Waals surface area contributed by atoms with Gasteiger partial charge in [-0.05, 0) is 65.6 Å². The van der Waals surface area contributed by atoms with Crippen LogP contribution >= 0.6 is 15.9 Å². The lowest BCUT2D eigenvalue weighted by Gasteiger charge is -2.12. The highest BCUT2D eigenvalue weighted by molar-refractivity contribution is 9.10. The summed E-state index contributed by atoms with van der Waals surface area (Å²) in [5.74, 6) is -0.321. The molecule has 6 nitrogen and oxygen atoms in total. The largest absolute Gasteiger partial charge is 0.444 e. The Bertz CT molecular complexity index is 738. The summed E-state index contributed by atoms with van der Waals surface area (Å²) in [6.07, 6.45) is 2.22. The fourth-order valence-corrected chi connectivity index (χ4v) is 2.92. The molecule has 0 aliphatic carbocycles. The molecule has 1 aromatic carbocycles. The summed E-state index contributed by atoms with van der Waals surface area (Å²) in [7, 11) is 0. The van der Waals surface area contributed by atoms with Gasteiger partial charge >= 0.3 is 0 Å². The molecule has 0 saturated carbocycles. The molecule has 1 unspecified atom stereocenters. The SMILES string of the molecule is O=C(NCC1CCCN1)c1cccc(NC(=O)c2ccc(Br)o2)c1. The molecule has 1 aromatic heterocycles. The van der Waals surface area contributed by atoms with E-state index in [4.69, 9.17) is 4.42 Å². The second-order valence-electron chi connectivity index (χ2n) is 5.64. The first-order chi connectivity index (χ1) is 11.6. The number of nitrogens with one attached hydrogen (secondary N) is 3. The maximum Gasteiger partial charge on any atom is 0.291 e. The monoisotopic (exact) mass is 391 g/mol. The predicted molar refractivity (Wildman–Crippen MR) is 94.2 cm³/mol. The molecule has 24 heavy (non-hydrogen) atoms. The van der Waals surface area contributed by atoms with Crippen LogP contribution in [-0.4, -0.2) is 30.9 Å². The minimum Gasteiger partial charge on any atom is -0.444 e. The minimum absolute atomic E-state index is 0.152. The minimum atomic E-state index is -0.367. The molecule has 7 heteroatoms. The molecule has 1 aliphatic rings. The van der Waals surface area contributed by atoms with E-state index in [1.807, 2.05) is 0 Å². The predicted octanol–water partition coefficient (Wildman–Crippen LogP) is 2.78. The third kappa shape index (κ3) is 4.24. The van der Waals surface area contributed by atoms with Crippen LogP contribution in [0.5, 0.6) is 0 Å². The molecule has 2 aromatic rings. The molecule has 1 aliphatic heterocycles. The molecule has 1 fully saturated rings. The van der Waals surface area contributed by atoms with Crippen molar-refractivity contribution >= 4 is 33.4 Å². The number of carbonyl (C=O) groups is 2. The van der Waals surface area contributed by atoms with Crippen LogP contribution in [0.3, 0.4) is 0 Å². The van der Waals surface area contributed by atoms with Gasteiger partial charge in [-0.2, -0.15) is 0 Å². The molecule has 2 heterocycles. The van der Waals surface area contributed by atoms with Gasteiger partial charge in [0.1, 0.15) is 0 Å². The maximum absolute atomic E-state index is 12.2. The Morgan fingerprint density at radius 1 is 1.25 bits per heavy atom. The molecule has 126 valence electrons. The number of halogens is 1. The normalized spacial score (nSPS) is 16.8. The molecule has 3 N–H and O–H groups in total. The summed E-state index contributed by atoms with van der Waals surface area (Å²) in [6.45, 7) is 1.61. The second-order valence-corrected chi connectivity index (χ2v) is 6.42. The molecule has 2 amide bonds. The van der Waals surface area contributed by atoms with E-state index in [2.05, 4.69) is 31.9 Å². The smallest absolute Gasteiger partial charge is 0.291 e. The zero-order valence-corrected chi connectivity index (χ0v) is 14.6. The van der Waals surface area contributed by atoms with E-state index < -0.39 is 0 Å². The van der Waals surface area contributed by atoms with E-state index in [-0.39, 0.29) is 17.6 Å². The van der Waals surface area contributed by atoms with Crippen LogP contribution < -0.4 is 16.0 Å². The van der Waals surface area contributed by atoms with Gasteiger partial charge in [-0.3, -0.25) is 9.59 Å². The van der Waals surface area contributed by atoms with E-state index >= 15 is 0 Å². The van der Waals surface area contributed by atoms with Gasteiger partial charge < -0.3 is 20.4 Å². The van der Waals surface area contributed by atoms with Crippen molar-refractivity contribution in [3.8, 4) is 0 Å². The standard InChI is InChI=1S/C17H18BrN3O3/c18-15-7-6-14(24-15)17(23)21-12-4-1-3-11(9-12)16(22)20-10-13-5-2-8-19-13/h1,3-4,6-7,9,13,19H,2,5,8,10H2,(H,20,22)(H,21,23). The molecule has 1 saturated heterocycles. The van der Waals surface area contributed by atoms with Crippen LogP contribution in [0.4, 0.5) is 5.69 Å².